The number of hydrogen-bond donors (Lipinski definition) is 0. The molecule has 0 aliphatic rings. The van der Waals surface area contributed by atoms with Crippen molar-refractivity contribution in [3.8, 4) is 23.0 Å². The molecule has 4 rings (SSSR count). The fourth-order valence-corrected chi connectivity index (χ4v) is 5.92. The van der Waals surface area contributed by atoms with Crippen molar-refractivity contribution in [1.82, 2.24) is 0 Å². The predicted octanol–water partition coefficient (Wildman–Crippen LogP) is 12.1. The summed E-state index contributed by atoms with van der Waals surface area (Å²) >= 11 is 0. The van der Waals surface area contributed by atoms with Crippen LogP contribution in [0.15, 0.2) is 132 Å². The van der Waals surface area contributed by atoms with Gasteiger partial charge in [-0.3, -0.25) is 9.59 Å². The molecule has 0 bridgehead atoms. The van der Waals surface area contributed by atoms with Crippen molar-refractivity contribution in [3.05, 3.63) is 154 Å². The van der Waals surface area contributed by atoms with Gasteiger partial charge in [0, 0.05) is 12.8 Å². The van der Waals surface area contributed by atoms with Crippen molar-refractivity contribution in [3.63, 3.8) is 0 Å². The van der Waals surface area contributed by atoms with E-state index in [2.05, 4.69) is 36.8 Å². The van der Waals surface area contributed by atoms with E-state index in [1.54, 1.807) is 72.8 Å². The van der Waals surface area contributed by atoms with Gasteiger partial charge in [0.05, 0.1) is 37.6 Å². The van der Waals surface area contributed by atoms with Gasteiger partial charge in [0.2, 0.25) is 0 Å². The molecule has 11 nitrogen and oxygen atoms in total. The molecule has 0 aliphatic heterocycles. The number of hydrogen-bond acceptors (Lipinski definition) is 11. The lowest BCUT2D eigenvalue weighted by atomic mass is 10.2. The number of unbranched alkanes of at least 4 members (excludes halogenated alkanes) is 6. The van der Waals surface area contributed by atoms with E-state index >= 15 is 0 Å². The molecule has 4 aromatic carbocycles. The molecule has 67 heavy (non-hydrogen) atoms. The lowest BCUT2D eigenvalue weighted by Gasteiger charge is -2.09. The Kier molecular flexibility index (Phi) is 25.5. The van der Waals surface area contributed by atoms with Crippen molar-refractivity contribution in [2.45, 2.75) is 90.9 Å². The zero-order valence-electron chi connectivity index (χ0n) is 38.8. The van der Waals surface area contributed by atoms with E-state index in [0.717, 1.165) is 62.5 Å². The van der Waals surface area contributed by atoms with Gasteiger partial charge in [0.15, 0.2) is 0 Å². The second kappa shape index (κ2) is 32.6. The van der Waals surface area contributed by atoms with E-state index in [1.165, 1.54) is 0 Å². The number of ether oxygens (including phenoxy) is 7. The molecule has 0 atom stereocenters. The summed E-state index contributed by atoms with van der Waals surface area (Å²) in [6.45, 7) is 5.84. The van der Waals surface area contributed by atoms with Gasteiger partial charge in [0.25, 0.3) is 0 Å². The van der Waals surface area contributed by atoms with Crippen LogP contribution in [0.4, 0.5) is 0 Å². The van der Waals surface area contributed by atoms with E-state index in [4.69, 9.17) is 33.2 Å². The van der Waals surface area contributed by atoms with Crippen LogP contribution in [0.3, 0.4) is 0 Å². The van der Waals surface area contributed by atoms with Gasteiger partial charge in [-0.05, 0) is 160 Å². The first-order valence-corrected chi connectivity index (χ1v) is 23.1. The smallest absolute Gasteiger partial charge is 0.343 e. The zero-order chi connectivity index (χ0) is 47.6. The summed E-state index contributed by atoms with van der Waals surface area (Å²) in [4.78, 5) is 49.3. The van der Waals surface area contributed by atoms with Crippen molar-refractivity contribution in [1.29, 1.82) is 0 Å². The van der Waals surface area contributed by atoms with Crippen LogP contribution in [0, 0.1) is 0 Å². The van der Waals surface area contributed by atoms with Crippen molar-refractivity contribution in [2.24, 2.45) is 0 Å². The minimum absolute atomic E-state index is 0.126. The van der Waals surface area contributed by atoms with Gasteiger partial charge in [-0.25, -0.2) is 9.59 Å². The van der Waals surface area contributed by atoms with Crippen molar-refractivity contribution < 1.29 is 52.3 Å². The average Bonchev–Trinajstić information content (AvgIpc) is 3.34. The summed E-state index contributed by atoms with van der Waals surface area (Å²) in [6.07, 6.45) is 16.6. The lowest BCUT2D eigenvalue weighted by Crippen LogP contribution is -2.14. The summed E-state index contributed by atoms with van der Waals surface area (Å²) in [5.74, 6) is 0.669. The molecule has 0 N–H and O–H groups in total. The van der Waals surface area contributed by atoms with E-state index in [-0.39, 0.29) is 38.4 Å². The van der Waals surface area contributed by atoms with Crippen LogP contribution in [0.25, 0.3) is 12.2 Å². The van der Waals surface area contributed by atoms with Crippen LogP contribution in [-0.4, -0.2) is 63.5 Å². The first-order valence-electron chi connectivity index (χ1n) is 23.1. The van der Waals surface area contributed by atoms with Gasteiger partial charge in [-0.2, -0.15) is 0 Å². The third kappa shape index (κ3) is 23.1. The minimum atomic E-state index is -0.458. The van der Waals surface area contributed by atoms with Gasteiger partial charge in [-0.15, -0.1) is 0 Å². The molecule has 352 valence electrons. The van der Waals surface area contributed by atoms with E-state index in [1.807, 2.05) is 48.6 Å². The van der Waals surface area contributed by atoms with Crippen LogP contribution in [0.5, 0.6) is 23.0 Å². The van der Waals surface area contributed by atoms with Crippen LogP contribution in [-0.2, 0) is 23.8 Å². The molecular formula is C56H62O11. The van der Waals surface area contributed by atoms with Crippen LogP contribution in [0.2, 0.25) is 0 Å². The Morgan fingerprint density at radius 1 is 0.433 bits per heavy atom. The molecule has 0 saturated heterocycles. The van der Waals surface area contributed by atoms with Gasteiger partial charge in [-0.1, -0.05) is 73.9 Å². The quantitative estimate of drug-likeness (QED) is 0.0214. The summed E-state index contributed by atoms with van der Waals surface area (Å²) < 4.78 is 38.4. The molecule has 0 saturated carbocycles. The number of benzene rings is 4. The Bertz CT molecular complexity index is 2140. The fourth-order valence-electron chi connectivity index (χ4n) is 5.92. The van der Waals surface area contributed by atoms with Gasteiger partial charge < -0.3 is 33.2 Å². The van der Waals surface area contributed by atoms with Crippen LogP contribution in [0.1, 0.15) is 123 Å². The summed E-state index contributed by atoms with van der Waals surface area (Å²) in [7, 11) is 0. The second-order valence-electron chi connectivity index (χ2n) is 15.2. The largest absolute Gasteiger partial charge is 0.494 e. The van der Waals surface area contributed by atoms with Crippen molar-refractivity contribution in [2.75, 3.05) is 39.6 Å². The number of allylic oxidation sites excluding steroid dienone is 2. The Balaban J connectivity index is 0.928. The monoisotopic (exact) mass is 910 g/mol. The fraction of sp³-hybridized carbons (Fsp3) is 0.357. The molecule has 0 aliphatic carbocycles. The topological polar surface area (TPSA) is 133 Å². The molecule has 0 unspecified atom stereocenters. The zero-order valence-corrected chi connectivity index (χ0v) is 38.8. The number of carbonyl (C=O) groups excluding carboxylic acids is 4. The summed E-state index contributed by atoms with van der Waals surface area (Å²) in [6, 6.07) is 27.9. The molecule has 0 spiro atoms. The highest BCUT2D eigenvalue weighted by Crippen LogP contribution is 2.20. The molecular weight excluding hydrogens is 849 g/mol. The Labute approximate surface area is 395 Å². The molecule has 4 aromatic rings. The summed E-state index contributed by atoms with van der Waals surface area (Å²) in [5, 5.41) is 0. The SMILES string of the molecule is CCCC=C=C=Cc1ccc(OC(=O)c2ccc(OCCCCCC(=O)OCCOCCOC(=O)CCCCCOc3ccc(C(=O)Oc4ccc(C=C=C=CCCC)cc4)cc3)cc2)cc1. The maximum atomic E-state index is 12.6. The average molecular weight is 911 g/mol. The van der Waals surface area contributed by atoms with Gasteiger partial charge >= 0.3 is 23.9 Å². The number of rotatable bonds is 30. The Morgan fingerprint density at radius 2 is 0.821 bits per heavy atom. The first kappa shape index (κ1) is 52.5. The molecule has 0 radical (unpaired) electrons. The van der Waals surface area contributed by atoms with Crippen molar-refractivity contribution >= 4 is 36.0 Å². The second-order valence-corrected chi connectivity index (χ2v) is 15.2. The first-order chi connectivity index (χ1) is 32.8. The highest BCUT2D eigenvalue weighted by molar-refractivity contribution is 5.91. The Morgan fingerprint density at radius 3 is 1.21 bits per heavy atom. The minimum Gasteiger partial charge on any atom is -0.494 e. The predicted molar refractivity (Wildman–Crippen MR) is 258 cm³/mol. The highest BCUT2D eigenvalue weighted by Gasteiger charge is 2.11. The molecule has 0 heterocycles. The highest BCUT2D eigenvalue weighted by atomic mass is 16.6. The van der Waals surface area contributed by atoms with E-state index in [9.17, 15) is 19.2 Å². The third-order valence-corrected chi connectivity index (χ3v) is 9.65. The van der Waals surface area contributed by atoms with Crippen LogP contribution >= 0.6 is 0 Å². The molecule has 0 fully saturated rings. The maximum Gasteiger partial charge on any atom is 0.343 e. The standard InChI is InChI=1S/C56H62O11/c1-3-5-7-9-13-19-45-23-31-51(32-24-45)66-55(59)47-27-35-49(36-28-47)62-39-17-11-15-21-53(57)64-43-41-61-42-44-65-54(58)22-16-12-18-40-63-50-37-29-48(30-38-50)56(60)67-52-33-25-46(26-34-52)20-14-10-8-6-4-2/h7-8,19-20,23-38H,3-6,11-12,15-18,21-22,39-44H2,1-2H3. The Hall–Kier alpha value is -7.08. The molecule has 0 aromatic heterocycles. The normalized spacial score (nSPS) is 10.2. The van der Waals surface area contributed by atoms with E-state index < -0.39 is 11.9 Å². The molecule has 11 heteroatoms. The van der Waals surface area contributed by atoms with Crippen LogP contribution < -0.4 is 18.9 Å². The number of esters is 4. The molecule has 0 amide bonds. The maximum absolute atomic E-state index is 12.6. The third-order valence-electron chi connectivity index (χ3n) is 9.65. The number of carbonyl (C=O) groups is 4. The van der Waals surface area contributed by atoms with E-state index in [0.29, 0.717) is 73.0 Å². The van der Waals surface area contributed by atoms with Gasteiger partial charge in [0.1, 0.15) is 36.2 Å². The summed E-state index contributed by atoms with van der Waals surface area (Å²) in [5.41, 5.74) is 14.7. The lowest BCUT2D eigenvalue weighted by molar-refractivity contribution is -0.146.